The second kappa shape index (κ2) is 9.40. The molecule has 0 amide bonds. The van der Waals surface area contributed by atoms with E-state index in [2.05, 4.69) is 72.6 Å². The molecule has 0 spiro atoms. The van der Waals surface area contributed by atoms with E-state index in [4.69, 9.17) is 0 Å². The van der Waals surface area contributed by atoms with E-state index in [0.29, 0.717) is 6.04 Å². The Hall–Kier alpha value is -1.55. The molecule has 21 heavy (non-hydrogen) atoms. The van der Waals surface area contributed by atoms with Crippen LogP contribution >= 0.6 is 0 Å². The summed E-state index contributed by atoms with van der Waals surface area (Å²) in [6, 6.07) is 9.14. The van der Waals surface area contributed by atoms with E-state index in [1.807, 2.05) is 7.05 Å². The highest BCUT2D eigenvalue weighted by Crippen LogP contribution is 2.03. The van der Waals surface area contributed by atoms with Gasteiger partial charge < -0.3 is 15.5 Å². The van der Waals surface area contributed by atoms with Gasteiger partial charge in [-0.3, -0.25) is 4.99 Å². The molecule has 0 aliphatic rings. The third-order valence-corrected chi connectivity index (χ3v) is 3.87. The zero-order valence-electron chi connectivity index (χ0n) is 14.1. The number of benzene rings is 1. The van der Waals surface area contributed by atoms with Gasteiger partial charge in [-0.2, -0.15) is 0 Å². The minimum absolute atomic E-state index is 0.620. The number of nitrogens with zero attached hydrogens (tertiary/aromatic N) is 2. The number of nitrogens with one attached hydrogen (secondary N) is 2. The summed E-state index contributed by atoms with van der Waals surface area (Å²) in [5, 5.41) is 6.71. The predicted molar refractivity (Wildman–Crippen MR) is 91.8 cm³/mol. The second-order valence-corrected chi connectivity index (χ2v) is 5.58. The van der Waals surface area contributed by atoms with Gasteiger partial charge in [0.1, 0.15) is 0 Å². The molecule has 0 aromatic heterocycles. The zero-order chi connectivity index (χ0) is 15.7. The van der Waals surface area contributed by atoms with Crippen LogP contribution in [0.3, 0.4) is 0 Å². The molecule has 0 bridgehead atoms. The van der Waals surface area contributed by atoms with Crippen molar-refractivity contribution in [3.05, 3.63) is 35.4 Å². The van der Waals surface area contributed by atoms with Crippen molar-refractivity contribution in [1.82, 2.24) is 15.5 Å². The van der Waals surface area contributed by atoms with Gasteiger partial charge in [-0.05, 0) is 32.9 Å². The highest BCUT2D eigenvalue weighted by atomic mass is 15.2. The van der Waals surface area contributed by atoms with Gasteiger partial charge in [0.2, 0.25) is 0 Å². The van der Waals surface area contributed by atoms with E-state index in [1.54, 1.807) is 0 Å². The van der Waals surface area contributed by atoms with Crippen molar-refractivity contribution < 1.29 is 0 Å². The molecule has 1 atom stereocenters. The van der Waals surface area contributed by atoms with Crippen molar-refractivity contribution in [2.24, 2.45) is 4.99 Å². The van der Waals surface area contributed by atoms with Crippen LogP contribution in [0, 0.1) is 6.92 Å². The maximum atomic E-state index is 4.26. The fraction of sp³-hybridized carbons (Fsp3) is 0.588. The standard InChI is InChI=1S/C17H30N4/c1-6-15(3)21(5)11-10-19-17(18-4)20-13-16-9-7-8-14(2)12-16/h7-9,12,15H,6,10-11,13H2,1-5H3,(H2,18,19,20). The van der Waals surface area contributed by atoms with Crippen LogP contribution in [0.1, 0.15) is 31.4 Å². The topological polar surface area (TPSA) is 39.7 Å². The fourth-order valence-electron chi connectivity index (χ4n) is 2.11. The molecule has 0 aliphatic carbocycles. The fourth-order valence-corrected chi connectivity index (χ4v) is 2.11. The largest absolute Gasteiger partial charge is 0.355 e. The molecular formula is C17H30N4. The minimum atomic E-state index is 0.620. The van der Waals surface area contributed by atoms with Crippen LogP contribution in [-0.2, 0) is 6.54 Å². The average molecular weight is 290 g/mol. The average Bonchev–Trinajstić information content (AvgIpc) is 2.49. The molecule has 118 valence electrons. The van der Waals surface area contributed by atoms with Gasteiger partial charge >= 0.3 is 0 Å². The van der Waals surface area contributed by atoms with E-state index < -0.39 is 0 Å². The zero-order valence-corrected chi connectivity index (χ0v) is 14.1. The Morgan fingerprint density at radius 1 is 1.33 bits per heavy atom. The van der Waals surface area contributed by atoms with Crippen LogP contribution in [0.4, 0.5) is 0 Å². The summed E-state index contributed by atoms with van der Waals surface area (Å²) in [6.07, 6.45) is 1.18. The summed E-state index contributed by atoms with van der Waals surface area (Å²) in [4.78, 5) is 6.63. The molecule has 1 aromatic rings. The molecule has 1 rings (SSSR count). The molecule has 0 saturated heterocycles. The van der Waals surface area contributed by atoms with Crippen LogP contribution in [0.5, 0.6) is 0 Å². The maximum Gasteiger partial charge on any atom is 0.191 e. The van der Waals surface area contributed by atoms with Gasteiger partial charge in [-0.25, -0.2) is 0 Å². The second-order valence-electron chi connectivity index (χ2n) is 5.58. The van der Waals surface area contributed by atoms with Crippen LogP contribution in [0.2, 0.25) is 0 Å². The number of aliphatic imine (C=N–C) groups is 1. The van der Waals surface area contributed by atoms with Gasteiger partial charge in [0.05, 0.1) is 0 Å². The lowest BCUT2D eigenvalue weighted by Crippen LogP contribution is -2.42. The highest BCUT2D eigenvalue weighted by Gasteiger charge is 2.06. The van der Waals surface area contributed by atoms with Gasteiger partial charge in [0.15, 0.2) is 5.96 Å². The van der Waals surface area contributed by atoms with E-state index >= 15 is 0 Å². The highest BCUT2D eigenvalue weighted by molar-refractivity contribution is 5.79. The van der Waals surface area contributed by atoms with Crippen molar-refractivity contribution in [3.63, 3.8) is 0 Å². The Morgan fingerprint density at radius 2 is 2.10 bits per heavy atom. The maximum absolute atomic E-state index is 4.26. The first kappa shape index (κ1) is 17.5. The van der Waals surface area contributed by atoms with E-state index in [0.717, 1.165) is 25.6 Å². The first-order chi connectivity index (χ1) is 10.1. The molecule has 2 N–H and O–H groups in total. The smallest absolute Gasteiger partial charge is 0.191 e. The first-order valence-corrected chi connectivity index (χ1v) is 7.77. The van der Waals surface area contributed by atoms with Crippen LogP contribution in [-0.4, -0.2) is 44.1 Å². The van der Waals surface area contributed by atoms with Crippen molar-refractivity contribution >= 4 is 5.96 Å². The van der Waals surface area contributed by atoms with Gasteiger partial charge in [0, 0.05) is 32.7 Å². The summed E-state index contributed by atoms with van der Waals surface area (Å²) >= 11 is 0. The molecule has 1 aromatic carbocycles. The summed E-state index contributed by atoms with van der Waals surface area (Å²) < 4.78 is 0. The lowest BCUT2D eigenvalue weighted by Gasteiger charge is -2.24. The summed E-state index contributed by atoms with van der Waals surface area (Å²) in [7, 11) is 3.97. The number of rotatable bonds is 7. The van der Waals surface area contributed by atoms with Gasteiger partial charge in [-0.1, -0.05) is 36.8 Å². The lowest BCUT2D eigenvalue weighted by atomic mass is 10.1. The predicted octanol–water partition coefficient (Wildman–Crippen LogP) is 2.39. The van der Waals surface area contributed by atoms with Crippen molar-refractivity contribution in [2.75, 3.05) is 27.2 Å². The molecule has 4 nitrogen and oxygen atoms in total. The molecule has 1 unspecified atom stereocenters. The number of hydrogen-bond donors (Lipinski definition) is 2. The molecule has 0 fully saturated rings. The van der Waals surface area contributed by atoms with E-state index in [-0.39, 0.29) is 0 Å². The van der Waals surface area contributed by atoms with Crippen molar-refractivity contribution in [2.45, 2.75) is 39.8 Å². The molecular weight excluding hydrogens is 260 g/mol. The normalized spacial score (nSPS) is 13.3. The third-order valence-electron chi connectivity index (χ3n) is 3.87. The number of hydrogen-bond acceptors (Lipinski definition) is 2. The summed E-state index contributed by atoms with van der Waals surface area (Å²) in [5.74, 6) is 0.856. The Bertz CT molecular complexity index is 442. The van der Waals surface area contributed by atoms with Crippen molar-refractivity contribution in [1.29, 1.82) is 0 Å². The number of aryl methyl sites for hydroxylation is 1. The van der Waals surface area contributed by atoms with Crippen LogP contribution < -0.4 is 10.6 Å². The van der Waals surface area contributed by atoms with Crippen LogP contribution in [0.15, 0.2) is 29.3 Å². The SMILES string of the molecule is CCC(C)N(C)CCNC(=NC)NCc1cccc(C)c1. The number of likely N-dealkylation sites (N-methyl/N-ethyl adjacent to an activating group) is 1. The van der Waals surface area contributed by atoms with Crippen molar-refractivity contribution in [3.8, 4) is 0 Å². The molecule has 0 heterocycles. The molecule has 0 aliphatic heterocycles. The van der Waals surface area contributed by atoms with E-state index in [1.165, 1.54) is 17.5 Å². The minimum Gasteiger partial charge on any atom is -0.355 e. The molecule has 0 radical (unpaired) electrons. The monoisotopic (exact) mass is 290 g/mol. The first-order valence-electron chi connectivity index (χ1n) is 7.77. The van der Waals surface area contributed by atoms with Crippen LogP contribution in [0.25, 0.3) is 0 Å². The lowest BCUT2D eigenvalue weighted by molar-refractivity contribution is 0.255. The van der Waals surface area contributed by atoms with E-state index in [9.17, 15) is 0 Å². The Kier molecular flexibility index (Phi) is 7.83. The Labute approximate surface area is 129 Å². The summed E-state index contributed by atoms with van der Waals surface area (Å²) in [6.45, 7) is 9.29. The van der Waals surface area contributed by atoms with Gasteiger partial charge in [-0.15, -0.1) is 0 Å². The molecule has 4 heteroatoms. The summed E-state index contributed by atoms with van der Waals surface area (Å²) in [5.41, 5.74) is 2.56. The molecule has 0 saturated carbocycles. The quantitative estimate of drug-likeness (QED) is 0.598. The Balaban J connectivity index is 2.33. The van der Waals surface area contributed by atoms with Gasteiger partial charge in [0.25, 0.3) is 0 Å². The number of guanidine groups is 1. The third kappa shape index (κ3) is 6.63. The Morgan fingerprint density at radius 3 is 2.71 bits per heavy atom.